The van der Waals surface area contributed by atoms with Gasteiger partial charge in [-0.1, -0.05) is 18.2 Å². The van der Waals surface area contributed by atoms with Crippen molar-refractivity contribution in [2.24, 2.45) is 0 Å². The molecule has 3 N–H and O–H groups in total. The van der Waals surface area contributed by atoms with Crippen molar-refractivity contribution in [1.82, 2.24) is 10.2 Å². The van der Waals surface area contributed by atoms with E-state index in [1.165, 1.54) is 24.1 Å². The van der Waals surface area contributed by atoms with Crippen molar-refractivity contribution in [2.75, 3.05) is 13.7 Å². The number of urea groups is 1. The Bertz CT molecular complexity index is 495. The van der Waals surface area contributed by atoms with Crippen molar-refractivity contribution in [3.8, 4) is 0 Å². The van der Waals surface area contributed by atoms with Gasteiger partial charge in [0.2, 0.25) is 0 Å². The monoisotopic (exact) mass is 284 g/mol. The molecule has 0 saturated heterocycles. The van der Waals surface area contributed by atoms with Gasteiger partial charge in [-0.15, -0.1) is 0 Å². The molecule has 0 heterocycles. The minimum Gasteiger partial charge on any atom is -0.480 e. The Labute approximate surface area is 115 Å². The van der Waals surface area contributed by atoms with E-state index < -0.39 is 36.5 Å². The van der Waals surface area contributed by atoms with Gasteiger partial charge < -0.3 is 20.4 Å². The molecule has 20 heavy (non-hydrogen) atoms. The maximum atomic E-state index is 13.6. The van der Waals surface area contributed by atoms with Gasteiger partial charge in [-0.25, -0.2) is 14.0 Å². The highest BCUT2D eigenvalue weighted by molar-refractivity contribution is 5.82. The van der Waals surface area contributed by atoms with E-state index in [1.54, 1.807) is 19.1 Å². The lowest BCUT2D eigenvalue weighted by Gasteiger charge is -2.27. The number of rotatable bonds is 5. The van der Waals surface area contributed by atoms with Crippen LogP contribution < -0.4 is 5.32 Å². The van der Waals surface area contributed by atoms with Crippen LogP contribution in [0, 0.1) is 5.82 Å². The summed E-state index contributed by atoms with van der Waals surface area (Å²) < 4.78 is 13.6. The lowest BCUT2D eigenvalue weighted by molar-refractivity contribution is -0.140. The highest BCUT2D eigenvalue weighted by atomic mass is 19.1. The van der Waals surface area contributed by atoms with E-state index in [4.69, 9.17) is 10.2 Å². The quantitative estimate of drug-likeness (QED) is 0.751. The molecule has 1 aromatic rings. The molecule has 7 heteroatoms. The summed E-state index contributed by atoms with van der Waals surface area (Å²) in [5, 5.41) is 19.8. The molecule has 1 unspecified atom stereocenters. The number of hydrogen-bond acceptors (Lipinski definition) is 3. The molecule has 0 aliphatic heterocycles. The first-order chi connectivity index (χ1) is 9.38. The molecule has 0 fully saturated rings. The number of carboxylic acid groups (broad SMARTS) is 1. The van der Waals surface area contributed by atoms with Gasteiger partial charge >= 0.3 is 12.0 Å². The maximum Gasteiger partial charge on any atom is 0.328 e. The smallest absolute Gasteiger partial charge is 0.328 e. The average molecular weight is 284 g/mol. The van der Waals surface area contributed by atoms with E-state index in [2.05, 4.69) is 5.32 Å². The van der Waals surface area contributed by atoms with E-state index in [-0.39, 0.29) is 0 Å². The van der Waals surface area contributed by atoms with Crippen LogP contribution in [0.25, 0.3) is 0 Å². The zero-order valence-electron chi connectivity index (χ0n) is 11.2. The predicted molar refractivity (Wildman–Crippen MR) is 69.6 cm³/mol. The van der Waals surface area contributed by atoms with Crippen LogP contribution >= 0.6 is 0 Å². The van der Waals surface area contributed by atoms with Crippen LogP contribution in [-0.2, 0) is 4.79 Å². The number of carbonyl (C=O) groups excluding carboxylic acids is 1. The number of benzene rings is 1. The molecule has 0 spiro atoms. The van der Waals surface area contributed by atoms with E-state index in [9.17, 15) is 14.0 Å². The zero-order valence-corrected chi connectivity index (χ0v) is 11.2. The van der Waals surface area contributed by atoms with Gasteiger partial charge in [0.05, 0.1) is 12.6 Å². The number of halogens is 1. The number of nitrogens with zero attached hydrogens (tertiary/aromatic N) is 1. The van der Waals surface area contributed by atoms with Gasteiger partial charge in [0, 0.05) is 12.6 Å². The number of hydrogen-bond donors (Lipinski definition) is 3. The van der Waals surface area contributed by atoms with E-state index in [1.807, 2.05) is 0 Å². The Morgan fingerprint density at radius 2 is 2.00 bits per heavy atom. The molecular weight excluding hydrogens is 267 g/mol. The minimum atomic E-state index is -1.39. The Balaban J connectivity index is 2.79. The number of aliphatic hydroxyl groups is 1. The number of carbonyl (C=O) groups is 2. The maximum absolute atomic E-state index is 13.6. The topological polar surface area (TPSA) is 89.9 Å². The zero-order chi connectivity index (χ0) is 15.3. The van der Waals surface area contributed by atoms with E-state index in [0.717, 1.165) is 0 Å². The summed E-state index contributed by atoms with van der Waals surface area (Å²) in [6.07, 6.45) is 0. The molecule has 0 aliphatic carbocycles. The number of aliphatic carboxylic acids is 1. The van der Waals surface area contributed by atoms with Gasteiger partial charge in [0.25, 0.3) is 0 Å². The molecule has 110 valence electrons. The first-order valence-electron chi connectivity index (χ1n) is 6.00. The number of nitrogens with one attached hydrogen (secondary N) is 1. The number of aliphatic hydroxyl groups excluding tert-OH is 1. The fraction of sp³-hybridized carbons (Fsp3) is 0.385. The highest BCUT2D eigenvalue weighted by Crippen LogP contribution is 2.21. The Morgan fingerprint density at radius 1 is 1.40 bits per heavy atom. The Kier molecular flexibility index (Phi) is 5.45. The lowest BCUT2D eigenvalue weighted by atomic mass is 10.1. The molecule has 1 aromatic carbocycles. The number of carboxylic acids is 1. The van der Waals surface area contributed by atoms with Crippen molar-refractivity contribution in [1.29, 1.82) is 0 Å². The molecule has 6 nitrogen and oxygen atoms in total. The van der Waals surface area contributed by atoms with Gasteiger partial charge in [-0.2, -0.15) is 0 Å². The molecule has 1 rings (SSSR count). The first-order valence-corrected chi connectivity index (χ1v) is 6.00. The third kappa shape index (κ3) is 3.67. The Morgan fingerprint density at radius 3 is 2.50 bits per heavy atom. The van der Waals surface area contributed by atoms with Crippen LogP contribution in [0.5, 0.6) is 0 Å². The van der Waals surface area contributed by atoms with Crippen LogP contribution in [0.1, 0.15) is 18.5 Å². The molecule has 2 atom stereocenters. The fourth-order valence-corrected chi connectivity index (χ4v) is 1.63. The summed E-state index contributed by atoms with van der Waals surface area (Å²) in [6.45, 7) is 0.899. The summed E-state index contributed by atoms with van der Waals surface area (Å²) >= 11 is 0. The molecule has 0 aliphatic rings. The SMILES string of the molecule is CC(c1ccccc1F)N(C)C(=O)N[C@H](CO)C(=O)O. The molecule has 0 saturated carbocycles. The van der Waals surface area contributed by atoms with Crippen LogP contribution in [-0.4, -0.2) is 46.8 Å². The van der Waals surface area contributed by atoms with Gasteiger partial charge in [-0.3, -0.25) is 0 Å². The second-order valence-corrected chi connectivity index (χ2v) is 4.33. The van der Waals surface area contributed by atoms with Gasteiger partial charge in [-0.05, 0) is 13.0 Å². The van der Waals surface area contributed by atoms with Crippen molar-refractivity contribution in [3.63, 3.8) is 0 Å². The molecular formula is C13H17FN2O4. The van der Waals surface area contributed by atoms with Crippen molar-refractivity contribution in [3.05, 3.63) is 35.6 Å². The van der Waals surface area contributed by atoms with Crippen LogP contribution in [0.2, 0.25) is 0 Å². The second-order valence-electron chi connectivity index (χ2n) is 4.33. The summed E-state index contributed by atoms with van der Waals surface area (Å²) in [6, 6.07) is 3.34. The fourth-order valence-electron chi connectivity index (χ4n) is 1.63. The van der Waals surface area contributed by atoms with Crippen molar-refractivity contribution < 1.29 is 24.2 Å². The van der Waals surface area contributed by atoms with Crippen LogP contribution in [0.3, 0.4) is 0 Å². The van der Waals surface area contributed by atoms with E-state index >= 15 is 0 Å². The molecule has 0 aromatic heterocycles. The summed E-state index contributed by atoms with van der Waals surface area (Å²) in [4.78, 5) is 23.8. The molecule has 0 radical (unpaired) electrons. The van der Waals surface area contributed by atoms with Gasteiger partial charge in [0.15, 0.2) is 6.04 Å². The molecule has 0 bridgehead atoms. The number of amides is 2. The normalized spacial score (nSPS) is 13.4. The van der Waals surface area contributed by atoms with Crippen molar-refractivity contribution >= 4 is 12.0 Å². The average Bonchev–Trinajstić information content (AvgIpc) is 2.43. The largest absolute Gasteiger partial charge is 0.480 e. The van der Waals surface area contributed by atoms with Crippen LogP contribution in [0.4, 0.5) is 9.18 Å². The second kappa shape index (κ2) is 6.85. The highest BCUT2D eigenvalue weighted by Gasteiger charge is 2.24. The van der Waals surface area contributed by atoms with Gasteiger partial charge in [0.1, 0.15) is 5.82 Å². The molecule has 2 amide bonds. The first kappa shape index (κ1) is 15.9. The Hall–Kier alpha value is -2.15. The third-order valence-electron chi connectivity index (χ3n) is 3.03. The third-order valence-corrected chi connectivity index (χ3v) is 3.03. The summed E-state index contributed by atoms with van der Waals surface area (Å²) in [7, 11) is 1.42. The summed E-state index contributed by atoms with van der Waals surface area (Å²) in [5.41, 5.74) is 0.320. The standard InChI is InChI=1S/C13H17FN2O4/c1-8(9-5-3-4-6-10(9)14)16(2)13(20)15-11(7-17)12(18)19/h3-6,8,11,17H,7H2,1-2H3,(H,15,20)(H,18,19)/t8?,11-/m1/s1. The predicted octanol–water partition coefficient (Wildman–Crippen LogP) is 0.974. The van der Waals surface area contributed by atoms with E-state index in [0.29, 0.717) is 5.56 Å². The minimum absolute atomic E-state index is 0.320. The summed E-state index contributed by atoms with van der Waals surface area (Å²) in [5.74, 6) is -1.79. The van der Waals surface area contributed by atoms with Crippen LogP contribution in [0.15, 0.2) is 24.3 Å². The lowest BCUT2D eigenvalue weighted by Crippen LogP contribution is -2.49. The van der Waals surface area contributed by atoms with Crippen molar-refractivity contribution in [2.45, 2.75) is 19.0 Å².